The van der Waals surface area contributed by atoms with Crippen molar-refractivity contribution < 1.29 is 13.3 Å². The number of unbranched alkanes of at least 4 members (excludes halogenated alkanes) is 2. The molecule has 0 aromatic carbocycles. The van der Waals surface area contributed by atoms with E-state index in [-0.39, 0.29) is 0 Å². The van der Waals surface area contributed by atoms with Crippen molar-refractivity contribution in [3.05, 3.63) is 0 Å². The number of hydrogen-bond acceptors (Lipinski definition) is 4. The van der Waals surface area contributed by atoms with E-state index in [2.05, 4.69) is 52.3 Å². The molecule has 0 aromatic heterocycles. The Morgan fingerprint density at radius 3 is 1.50 bits per heavy atom. The van der Waals surface area contributed by atoms with E-state index in [9.17, 15) is 0 Å². The van der Waals surface area contributed by atoms with Gasteiger partial charge in [0.2, 0.25) is 0 Å². The Labute approximate surface area is 153 Å². The van der Waals surface area contributed by atoms with Crippen LogP contribution in [0.2, 0.25) is 25.2 Å². The molecule has 0 saturated carbocycles. The van der Waals surface area contributed by atoms with Crippen LogP contribution in [0, 0.1) is 0 Å². The second-order valence-electron chi connectivity index (χ2n) is 6.97. The van der Waals surface area contributed by atoms with Gasteiger partial charge >= 0.3 is 8.72 Å². The normalized spacial score (nSPS) is 13.0. The zero-order valence-corrected chi connectivity index (χ0v) is 19.5. The summed E-state index contributed by atoms with van der Waals surface area (Å²) in [6.07, 6.45) is 4.85. The van der Waals surface area contributed by atoms with Gasteiger partial charge in [0.05, 0.1) is 0 Å². The minimum atomic E-state index is -2.35. The summed E-state index contributed by atoms with van der Waals surface area (Å²) in [6.45, 7) is 19.9. The van der Waals surface area contributed by atoms with E-state index in [1.165, 1.54) is 25.7 Å². The van der Waals surface area contributed by atoms with E-state index in [0.29, 0.717) is 0 Å². The molecule has 0 spiro atoms. The fourth-order valence-electron chi connectivity index (χ4n) is 3.05. The van der Waals surface area contributed by atoms with E-state index in [1.807, 2.05) is 0 Å². The Morgan fingerprint density at radius 2 is 1.12 bits per heavy atom. The van der Waals surface area contributed by atoms with Crippen LogP contribution in [-0.2, 0) is 13.3 Å². The molecule has 0 fully saturated rings. The average Bonchev–Trinajstić information content (AvgIpc) is 2.53. The minimum absolute atomic E-state index is 0.734. The van der Waals surface area contributed by atoms with Gasteiger partial charge in [0.25, 0.3) is 0 Å². The molecule has 0 atom stereocenters. The van der Waals surface area contributed by atoms with Crippen molar-refractivity contribution in [1.82, 2.24) is 4.57 Å². The lowest BCUT2D eigenvalue weighted by Crippen LogP contribution is -2.60. The van der Waals surface area contributed by atoms with Gasteiger partial charge in [-0.1, -0.05) is 26.7 Å². The lowest BCUT2D eigenvalue weighted by Gasteiger charge is -2.41. The van der Waals surface area contributed by atoms with Gasteiger partial charge < -0.3 is 13.3 Å². The van der Waals surface area contributed by atoms with Gasteiger partial charge in [0.15, 0.2) is 8.32 Å². The van der Waals surface area contributed by atoms with Crippen molar-refractivity contribution in [3.8, 4) is 0 Å². The van der Waals surface area contributed by atoms with E-state index in [0.717, 1.165) is 45.0 Å². The predicted molar refractivity (Wildman–Crippen MR) is 109 cm³/mol. The summed E-state index contributed by atoms with van der Waals surface area (Å²) in [5.74, 6) is 0. The van der Waals surface area contributed by atoms with E-state index >= 15 is 0 Å². The van der Waals surface area contributed by atoms with Gasteiger partial charge in [-0.15, -0.1) is 0 Å². The smallest absolute Gasteiger partial charge is 0.418 e. The Kier molecular flexibility index (Phi) is 13.6. The van der Waals surface area contributed by atoms with Crippen LogP contribution in [0.3, 0.4) is 0 Å². The third kappa shape index (κ3) is 9.10. The average molecular weight is 378 g/mol. The third-order valence-corrected chi connectivity index (χ3v) is 11.2. The summed E-state index contributed by atoms with van der Waals surface area (Å²) in [7, 11) is -3.98. The van der Waals surface area contributed by atoms with Crippen molar-refractivity contribution in [3.63, 3.8) is 0 Å². The zero-order chi connectivity index (χ0) is 18.5. The fourth-order valence-corrected chi connectivity index (χ4v) is 10.6. The predicted octanol–water partition coefficient (Wildman–Crippen LogP) is 5.14. The number of hydrogen-bond donors (Lipinski definition) is 0. The second kappa shape index (κ2) is 13.5. The SMILES string of the molecule is CCCCN(CCCC)[Si](CC[Si](C)(C)OCC)(OCC)OCC. The topological polar surface area (TPSA) is 30.9 Å². The molecular formula is C18H43NO3Si2. The van der Waals surface area contributed by atoms with E-state index < -0.39 is 17.0 Å². The van der Waals surface area contributed by atoms with Crippen molar-refractivity contribution in [2.24, 2.45) is 0 Å². The second-order valence-corrected chi connectivity index (χ2v) is 14.4. The molecule has 0 aliphatic heterocycles. The molecule has 0 bridgehead atoms. The van der Waals surface area contributed by atoms with Gasteiger partial charge in [-0.25, -0.2) is 0 Å². The third-order valence-electron chi connectivity index (χ3n) is 4.36. The minimum Gasteiger partial charge on any atom is -0.418 e. The molecule has 0 radical (unpaired) electrons. The molecule has 0 aliphatic carbocycles. The van der Waals surface area contributed by atoms with Crippen LogP contribution in [0.25, 0.3) is 0 Å². The highest BCUT2D eigenvalue weighted by atomic mass is 28.4. The van der Waals surface area contributed by atoms with Gasteiger partial charge in [-0.3, -0.25) is 4.57 Å². The molecule has 0 rings (SSSR count). The van der Waals surface area contributed by atoms with Gasteiger partial charge in [0.1, 0.15) is 0 Å². The molecule has 0 heterocycles. The highest BCUT2D eigenvalue weighted by Gasteiger charge is 2.45. The van der Waals surface area contributed by atoms with E-state index in [4.69, 9.17) is 13.3 Å². The van der Waals surface area contributed by atoms with Gasteiger partial charge in [0, 0.05) is 25.9 Å². The van der Waals surface area contributed by atoms with Crippen LogP contribution in [0.1, 0.15) is 60.3 Å². The monoisotopic (exact) mass is 377 g/mol. The molecule has 0 amide bonds. The summed E-state index contributed by atoms with van der Waals surface area (Å²) in [4.78, 5) is 0. The Balaban J connectivity index is 5.28. The lowest BCUT2D eigenvalue weighted by atomic mass is 10.3. The Morgan fingerprint density at radius 1 is 0.667 bits per heavy atom. The highest BCUT2D eigenvalue weighted by Crippen LogP contribution is 2.27. The summed E-state index contributed by atoms with van der Waals surface area (Å²) >= 11 is 0. The summed E-state index contributed by atoms with van der Waals surface area (Å²) in [6, 6.07) is 2.14. The van der Waals surface area contributed by atoms with Crippen molar-refractivity contribution in [2.75, 3.05) is 32.9 Å². The van der Waals surface area contributed by atoms with Gasteiger partial charge in [-0.2, -0.15) is 0 Å². The maximum atomic E-state index is 6.41. The highest BCUT2D eigenvalue weighted by molar-refractivity contribution is 6.74. The Hall–Kier alpha value is 0.274. The molecule has 0 saturated heterocycles. The van der Waals surface area contributed by atoms with Crippen molar-refractivity contribution >= 4 is 17.0 Å². The molecule has 0 aliphatic rings. The molecule has 0 unspecified atom stereocenters. The first-order chi connectivity index (χ1) is 11.4. The quantitative estimate of drug-likeness (QED) is 0.348. The number of nitrogens with zero attached hydrogens (tertiary/aromatic N) is 1. The molecule has 146 valence electrons. The van der Waals surface area contributed by atoms with Crippen LogP contribution in [0.5, 0.6) is 0 Å². The van der Waals surface area contributed by atoms with Crippen LogP contribution in [-0.4, -0.2) is 54.5 Å². The molecule has 0 N–H and O–H groups in total. The maximum absolute atomic E-state index is 6.41. The molecular weight excluding hydrogens is 334 g/mol. The first-order valence-electron chi connectivity index (χ1n) is 10.1. The van der Waals surface area contributed by atoms with Crippen LogP contribution >= 0.6 is 0 Å². The first kappa shape index (κ1) is 24.3. The molecule has 6 heteroatoms. The van der Waals surface area contributed by atoms with Gasteiger partial charge in [-0.05, 0) is 65.8 Å². The van der Waals surface area contributed by atoms with Crippen LogP contribution in [0.15, 0.2) is 0 Å². The van der Waals surface area contributed by atoms with Crippen LogP contribution in [0.4, 0.5) is 0 Å². The maximum Gasteiger partial charge on any atom is 0.427 e. The van der Waals surface area contributed by atoms with Crippen LogP contribution < -0.4 is 0 Å². The molecule has 4 nitrogen and oxygen atoms in total. The first-order valence-corrected chi connectivity index (χ1v) is 15.2. The summed E-state index contributed by atoms with van der Waals surface area (Å²) in [5.41, 5.74) is 0. The standard InChI is InChI=1S/C18H43NO3Si2/c1-8-13-15-19(16-14-9-2)24(21-11-4,22-12-5)18-17-23(6,7)20-10-3/h8-18H2,1-7H3. The largest absolute Gasteiger partial charge is 0.427 e. The zero-order valence-electron chi connectivity index (χ0n) is 17.5. The van der Waals surface area contributed by atoms with Crippen molar-refractivity contribution in [2.45, 2.75) is 85.5 Å². The fraction of sp³-hybridized carbons (Fsp3) is 1.00. The Bertz CT molecular complexity index is 290. The number of rotatable bonds is 16. The van der Waals surface area contributed by atoms with Crippen molar-refractivity contribution in [1.29, 1.82) is 0 Å². The molecule has 0 aromatic rings. The molecule has 24 heavy (non-hydrogen) atoms. The lowest BCUT2D eigenvalue weighted by molar-refractivity contribution is 0.118. The van der Waals surface area contributed by atoms with E-state index in [1.54, 1.807) is 0 Å². The summed E-state index contributed by atoms with van der Waals surface area (Å²) < 4.78 is 21.5. The summed E-state index contributed by atoms with van der Waals surface area (Å²) in [5, 5.41) is 0.